The molecule has 0 aliphatic heterocycles. The Kier molecular flexibility index (Phi) is 5.87. The maximum atomic E-state index is 13.0. The van der Waals surface area contributed by atoms with E-state index in [4.69, 9.17) is 4.52 Å². The second kappa shape index (κ2) is 8.33. The highest BCUT2D eigenvalue weighted by Gasteiger charge is 2.14. The maximum absolute atomic E-state index is 13.0. The molecule has 0 bridgehead atoms. The van der Waals surface area contributed by atoms with Crippen molar-refractivity contribution < 1.29 is 13.7 Å². The Balaban J connectivity index is 1.47. The third-order valence-electron chi connectivity index (χ3n) is 4.44. The fourth-order valence-corrected chi connectivity index (χ4v) is 2.74. The maximum Gasteiger partial charge on any atom is 0.251 e. The average molecular weight is 381 g/mol. The predicted octanol–water partition coefficient (Wildman–Crippen LogP) is 4.54. The molecule has 0 fully saturated rings. The molecule has 0 aliphatic carbocycles. The van der Waals surface area contributed by atoms with Crippen LogP contribution in [0.4, 0.5) is 4.39 Å². The Morgan fingerprint density at radius 3 is 2.39 bits per heavy atom. The van der Waals surface area contributed by atoms with E-state index in [0.29, 0.717) is 42.2 Å². The standard InChI is InChI=1S/C22H24FN3O2/c1-22(2,3)17-10-6-16(7-11-17)21(27)24-14-4-5-19-25-20(26-28-19)15-8-12-18(23)13-9-15/h6-13H,4-5,14H2,1-3H3,(H,24,27). The fourth-order valence-electron chi connectivity index (χ4n) is 2.74. The van der Waals surface area contributed by atoms with Gasteiger partial charge in [0.05, 0.1) is 0 Å². The molecule has 3 rings (SSSR count). The zero-order valence-electron chi connectivity index (χ0n) is 16.3. The highest BCUT2D eigenvalue weighted by atomic mass is 19.1. The molecule has 5 nitrogen and oxygen atoms in total. The predicted molar refractivity (Wildman–Crippen MR) is 105 cm³/mol. The summed E-state index contributed by atoms with van der Waals surface area (Å²) in [6.45, 7) is 6.93. The Bertz CT molecular complexity index is 926. The number of amides is 1. The molecular weight excluding hydrogens is 357 g/mol. The smallest absolute Gasteiger partial charge is 0.251 e. The number of hydrogen-bond acceptors (Lipinski definition) is 4. The van der Waals surface area contributed by atoms with Gasteiger partial charge in [-0.1, -0.05) is 38.1 Å². The number of nitrogens with zero attached hydrogens (tertiary/aromatic N) is 2. The molecule has 28 heavy (non-hydrogen) atoms. The van der Waals surface area contributed by atoms with Crippen molar-refractivity contribution in [2.24, 2.45) is 0 Å². The fraction of sp³-hybridized carbons (Fsp3) is 0.318. The van der Waals surface area contributed by atoms with Crippen LogP contribution in [0.3, 0.4) is 0 Å². The van der Waals surface area contributed by atoms with Crippen LogP contribution >= 0.6 is 0 Å². The lowest BCUT2D eigenvalue weighted by Crippen LogP contribution is -2.25. The number of carbonyl (C=O) groups excluding carboxylic acids is 1. The topological polar surface area (TPSA) is 68.0 Å². The first-order valence-electron chi connectivity index (χ1n) is 9.30. The average Bonchev–Trinajstić information content (AvgIpc) is 3.14. The first-order valence-corrected chi connectivity index (χ1v) is 9.30. The van der Waals surface area contributed by atoms with Gasteiger partial charge in [0.15, 0.2) is 0 Å². The van der Waals surface area contributed by atoms with Gasteiger partial charge in [-0.05, 0) is 53.8 Å². The molecule has 146 valence electrons. The summed E-state index contributed by atoms with van der Waals surface area (Å²) in [4.78, 5) is 16.5. The van der Waals surface area contributed by atoms with Crippen molar-refractivity contribution in [2.45, 2.75) is 39.0 Å². The Labute approximate surface area is 164 Å². The first kappa shape index (κ1) is 19.7. The number of aryl methyl sites for hydroxylation is 1. The summed E-state index contributed by atoms with van der Waals surface area (Å²) in [5, 5.41) is 6.81. The molecule has 3 aromatic rings. The highest BCUT2D eigenvalue weighted by molar-refractivity contribution is 5.94. The lowest BCUT2D eigenvalue weighted by Gasteiger charge is -2.19. The van der Waals surface area contributed by atoms with Crippen LogP contribution in [-0.2, 0) is 11.8 Å². The van der Waals surface area contributed by atoms with Crippen LogP contribution in [0.1, 0.15) is 49.0 Å². The molecule has 1 aromatic heterocycles. The Hall–Kier alpha value is -3.02. The van der Waals surface area contributed by atoms with Gasteiger partial charge >= 0.3 is 0 Å². The SMILES string of the molecule is CC(C)(C)c1ccc(C(=O)NCCCc2nc(-c3ccc(F)cc3)no2)cc1. The number of hydrogen-bond donors (Lipinski definition) is 1. The zero-order chi connectivity index (χ0) is 20.1. The van der Waals surface area contributed by atoms with E-state index in [1.54, 1.807) is 12.1 Å². The van der Waals surface area contributed by atoms with Gasteiger partial charge in [-0.15, -0.1) is 0 Å². The van der Waals surface area contributed by atoms with Crippen LogP contribution in [0, 0.1) is 5.82 Å². The van der Waals surface area contributed by atoms with E-state index < -0.39 is 0 Å². The molecule has 1 heterocycles. The van der Waals surface area contributed by atoms with Gasteiger partial charge in [-0.3, -0.25) is 4.79 Å². The molecule has 1 amide bonds. The monoisotopic (exact) mass is 381 g/mol. The summed E-state index contributed by atoms with van der Waals surface area (Å²) in [7, 11) is 0. The van der Waals surface area contributed by atoms with Crippen LogP contribution in [0.5, 0.6) is 0 Å². The van der Waals surface area contributed by atoms with Gasteiger partial charge in [0, 0.05) is 24.1 Å². The molecule has 0 atom stereocenters. The lowest BCUT2D eigenvalue weighted by molar-refractivity contribution is 0.0953. The van der Waals surface area contributed by atoms with Crippen molar-refractivity contribution >= 4 is 5.91 Å². The molecular formula is C22H24FN3O2. The van der Waals surface area contributed by atoms with E-state index in [1.165, 1.54) is 17.7 Å². The second-order valence-corrected chi connectivity index (χ2v) is 7.71. The van der Waals surface area contributed by atoms with Crippen LogP contribution in [0.15, 0.2) is 53.1 Å². The molecule has 0 radical (unpaired) electrons. The molecule has 0 spiro atoms. The summed E-state index contributed by atoms with van der Waals surface area (Å²) < 4.78 is 18.2. The Morgan fingerprint density at radius 1 is 1.07 bits per heavy atom. The summed E-state index contributed by atoms with van der Waals surface area (Å²) in [6.07, 6.45) is 1.23. The second-order valence-electron chi connectivity index (χ2n) is 7.71. The molecule has 0 saturated heterocycles. The number of rotatable bonds is 6. The normalized spacial score (nSPS) is 11.4. The van der Waals surface area contributed by atoms with Gasteiger partial charge in [0.2, 0.25) is 11.7 Å². The summed E-state index contributed by atoms with van der Waals surface area (Å²) in [6, 6.07) is 13.6. The molecule has 2 aromatic carbocycles. The minimum absolute atomic E-state index is 0.0614. The van der Waals surface area contributed by atoms with E-state index in [9.17, 15) is 9.18 Å². The van der Waals surface area contributed by atoms with E-state index >= 15 is 0 Å². The van der Waals surface area contributed by atoms with Gasteiger partial charge in [0.1, 0.15) is 5.82 Å². The van der Waals surface area contributed by atoms with Crippen LogP contribution in [0.2, 0.25) is 0 Å². The van der Waals surface area contributed by atoms with Crippen LogP contribution < -0.4 is 5.32 Å². The zero-order valence-corrected chi connectivity index (χ0v) is 16.3. The van der Waals surface area contributed by atoms with E-state index in [0.717, 1.165) is 0 Å². The third-order valence-corrected chi connectivity index (χ3v) is 4.44. The van der Waals surface area contributed by atoms with Crippen molar-refractivity contribution in [1.29, 1.82) is 0 Å². The lowest BCUT2D eigenvalue weighted by atomic mass is 9.87. The largest absolute Gasteiger partial charge is 0.352 e. The van der Waals surface area contributed by atoms with Gasteiger partial charge < -0.3 is 9.84 Å². The number of aromatic nitrogens is 2. The number of benzene rings is 2. The minimum Gasteiger partial charge on any atom is -0.352 e. The molecule has 1 N–H and O–H groups in total. The van der Waals surface area contributed by atoms with E-state index in [2.05, 4.69) is 36.2 Å². The van der Waals surface area contributed by atoms with Crippen LogP contribution in [-0.4, -0.2) is 22.6 Å². The first-order chi connectivity index (χ1) is 13.3. The molecule has 6 heteroatoms. The van der Waals surface area contributed by atoms with Gasteiger partial charge in [-0.2, -0.15) is 4.98 Å². The molecule has 0 saturated carbocycles. The van der Waals surface area contributed by atoms with E-state index in [-0.39, 0.29) is 17.1 Å². The number of halogens is 1. The van der Waals surface area contributed by atoms with Crippen LogP contribution in [0.25, 0.3) is 11.4 Å². The third kappa shape index (κ3) is 5.03. The van der Waals surface area contributed by atoms with Crippen molar-refractivity contribution in [3.05, 3.63) is 71.4 Å². The van der Waals surface area contributed by atoms with Crippen molar-refractivity contribution in [1.82, 2.24) is 15.5 Å². The quantitative estimate of drug-likeness (QED) is 0.637. The Morgan fingerprint density at radius 2 is 1.75 bits per heavy atom. The molecule has 0 aliphatic rings. The minimum atomic E-state index is -0.309. The molecule has 0 unspecified atom stereocenters. The summed E-state index contributed by atoms with van der Waals surface area (Å²) >= 11 is 0. The van der Waals surface area contributed by atoms with Crippen molar-refractivity contribution in [3.8, 4) is 11.4 Å². The number of nitrogens with one attached hydrogen (secondary N) is 1. The highest BCUT2D eigenvalue weighted by Crippen LogP contribution is 2.22. The summed E-state index contributed by atoms with van der Waals surface area (Å²) in [5.41, 5.74) is 2.59. The van der Waals surface area contributed by atoms with Gasteiger partial charge in [-0.25, -0.2) is 4.39 Å². The van der Waals surface area contributed by atoms with Crippen molar-refractivity contribution in [2.75, 3.05) is 6.54 Å². The summed E-state index contributed by atoms with van der Waals surface area (Å²) in [5.74, 6) is 0.510. The van der Waals surface area contributed by atoms with E-state index in [1.807, 2.05) is 24.3 Å². The van der Waals surface area contributed by atoms with Gasteiger partial charge in [0.25, 0.3) is 5.91 Å². The van der Waals surface area contributed by atoms with Crippen molar-refractivity contribution in [3.63, 3.8) is 0 Å². The number of carbonyl (C=O) groups is 1.